The number of hydrogen-bond acceptors (Lipinski definition) is 4. The van der Waals surface area contributed by atoms with E-state index in [9.17, 15) is 13.2 Å². The summed E-state index contributed by atoms with van der Waals surface area (Å²) < 4.78 is 27.0. The van der Waals surface area contributed by atoms with Crippen LogP contribution in [0.2, 0.25) is 10.0 Å². The average Bonchev–Trinajstić information content (AvgIpc) is 2.64. The third-order valence-corrected chi connectivity index (χ3v) is 8.02. The third-order valence-electron chi connectivity index (χ3n) is 4.34. The quantitative estimate of drug-likeness (QED) is 0.614. The molecule has 1 N–H and O–H groups in total. The van der Waals surface area contributed by atoms with E-state index in [1.807, 2.05) is 12.1 Å². The Morgan fingerprint density at radius 2 is 2.07 bits per heavy atom. The van der Waals surface area contributed by atoms with Gasteiger partial charge in [-0.1, -0.05) is 29.3 Å². The molecule has 1 saturated heterocycles. The second-order valence-corrected chi connectivity index (χ2v) is 10.6. The first-order valence-corrected chi connectivity index (χ1v) is 12.0. The van der Waals surface area contributed by atoms with Gasteiger partial charge in [0.2, 0.25) is 5.91 Å². The Balaban J connectivity index is 1.73. The number of carbonyl (C=O) groups is 1. The van der Waals surface area contributed by atoms with Crippen LogP contribution in [-0.4, -0.2) is 62.4 Å². The Kier molecular flexibility index (Phi) is 8.70. The molecule has 1 amide bonds. The number of hydrogen-bond donors (Lipinski definition) is 1. The molecular formula is C17H25Cl2N3O3S2. The summed E-state index contributed by atoms with van der Waals surface area (Å²) in [5.41, 5.74) is 1.08. The minimum atomic E-state index is -3.47. The van der Waals surface area contributed by atoms with E-state index < -0.39 is 10.2 Å². The molecule has 0 radical (unpaired) electrons. The first-order valence-electron chi connectivity index (χ1n) is 8.69. The Hall–Kier alpha value is -0.510. The van der Waals surface area contributed by atoms with Crippen LogP contribution in [-0.2, 0) is 20.8 Å². The zero-order valence-corrected chi connectivity index (χ0v) is 18.6. The highest BCUT2D eigenvalue weighted by Crippen LogP contribution is 2.24. The Labute approximate surface area is 175 Å². The largest absolute Gasteiger partial charge is 0.355 e. The molecule has 0 aliphatic carbocycles. The van der Waals surface area contributed by atoms with Gasteiger partial charge < -0.3 is 5.32 Å². The van der Waals surface area contributed by atoms with Crippen LogP contribution in [0.1, 0.15) is 18.4 Å². The van der Waals surface area contributed by atoms with E-state index >= 15 is 0 Å². The molecule has 1 atom stereocenters. The number of carbonyl (C=O) groups excluding carboxylic acids is 1. The lowest BCUT2D eigenvalue weighted by atomic mass is 9.99. The predicted octanol–water partition coefficient (Wildman–Crippen LogP) is 2.86. The van der Waals surface area contributed by atoms with Crippen LogP contribution in [0.25, 0.3) is 0 Å². The molecule has 0 aromatic heterocycles. The molecule has 1 aliphatic heterocycles. The first kappa shape index (κ1) is 22.8. The highest BCUT2D eigenvalue weighted by Gasteiger charge is 2.33. The van der Waals surface area contributed by atoms with Gasteiger partial charge in [0.05, 0.1) is 16.0 Å². The predicted molar refractivity (Wildman–Crippen MR) is 113 cm³/mol. The van der Waals surface area contributed by atoms with Gasteiger partial charge in [-0.05, 0) is 30.5 Å². The summed E-state index contributed by atoms with van der Waals surface area (Å²) in [6.07, 6.45) is 1.40. The Morgan fingerprint density at radius 3 is 2.74 bits per heavy atom. The summed E-state index contributed by atoms with van der Waals surface area (Å²) in [4.78, 5) is 12.4. The van der Waals surface area contributed by atoms with E-state index in [4.69, 9.17) is 23.2 Å². The van der Waals surface area contributed by atoms with Gasteiger partial charge in [0.25, 0.3) is 10.2 Å². The Bertz CT molecular complexity index is 760. The van der Waals surface area contributed by atoms with E-state index in [2.05, 4.69) is 5.32 Å². The fourth-order valence-electron chi connectivity index (χ4n) is 2.81. The maximum absolute atomic E-state index is 12.4. The minimum Gasteiger partial charge on any atom is -0.355 e. The molecule has 1 aromatic carbocycles. The fraction of sp³-hybridized carbons (Fsp3) is 0.588. The van der Waals surface area contributed by atoms with Gasteiger partial charge in [0.15, 0.2) is 0 Å². The zero-order chi connectivity index (χ0) is 20.0. The molecule has 0 bridgehead atoms. The van der Waals surface area contributed by atoms with Gasteiger partial charge in [-0.15, -0.1) is 0 Å². The molecule has 6 nitrogen and oxygen atoms in total. The van der Waals surface area contributed by atoms with Gasteiger partial charge in [0, 0.05) is 45.2 Å². The van der Waals surface area contributed by atoms with Crippen molar-refractivity contribution in [3.8, 4) is 0 Å². The molecule has 1 fully saturated rings. The summed E-state index contributed by atoms with van der Waals surface area (Å²) in [5, 5.41) is 4.00. The zero-order valence-electron chi connectivity index (χ0n) is 15.5. The van der Waals surface area contributed by atoms with Crippen LogP contribution in [0.15, 0.2) is 18.2 Å². The molecule has 2 rings (SSSR count). The van der Waals surface area contributed by atoms with Crippen LogP contribution >= 0.6 is 35.0 Å². The third kappa shape index (κ3) is 6.51. The van der Waals surface area contributed by atoms with Crippen molar-refractivity contribution in [2.75, 3.05) is 39.5 Å². The van der Waals surface area contributed by atoms with Crippen LogP contribution in [0.4, 0.5) is 0 Å². The molecule has 10 heteroatoms. The number of amides is 1. The number of thioether (sulfide) groups is 1. The highest BCUT2D eigenvalue weighted by molar-refractivity contribution is 7.98. The van der Waals surface area contributed by atoms with E-state index in [1.54, 1.807) is 17.8 Å². The van der Waals surface area contributed by atoms with Gasteiger partial charge in [-0.25, -0.2) is 0 Å². The lowest BCUT2D eigenvalue weighted by Gasteiger charge is -2.32. The van der Waals surface area contributed by atoms with Gasteiger partial charge in [0.1, 0.15) is 0 Å². The maximum atomic E-state index is 12.4. The molecule has 152 valence electrons. The minimum absolute atomic E-state index is 0.0798. The van der Waals surface area contributed by atoms with Crippen molar-refractivity contribution in [2.45, 2.75) is 18.6 Å². The van der Waals surface area contributed by atoms with Crippen LogP contribution in [0, 0.1) is 5.92 Å². The molecule has 1 aliphatic rings. The van der Waals surface area contributed by atoms with Crippen molar-refractivity contribution in [3.05, 3.63) is 33.8 Å². The molecular weight excluding hydrogens is 429 g/mol. The smallest absolute Gasteiger partial charge is 0.281 e. The SMILES string of the molecule is CN(C)S(=O)(=O)N1CCC[C@H](C(=O)NCCSCc2ccc(Cl)c(Cl)c2)C1. The fourth-order valence-corrected chi connectivity index (χ4v) is 5.12. The van der Waals surface area contributed by atoms with E-state index in [-0.39, 0.29) is 18.4 Å². The average molecular weight is 454 g/mol. The lowest BCUT2D eigenvalue weighted by Crippen LogP contribution is -2.49. The van der Waals surface area contributed by atoms with E-state index in [0.717, 1.165) is 17.1 Å². The summed E-state index contributed by atoms with van der Waals surface area (Å²) >= 11 is 13.6. The number of nitrogens with zero attached hydrogens (tertiary/aromatic N) is 2. The summed E-state index contributed by atoms with van der Waals surface area (Å²) in [6, 6.07) is 5.55. The summed E-state index contributed by atoms with van der Waals surface area (Å²) in [7, 11) is -0.462. The summed E-state index contributed by atoms with van der Waals surface area (Å²) in [5.74, 6) is 1.17. The number of halogens is 2. The number of benzene rings is 1. The lowest BCUT2D eigenvalue weighted by molar-refractivity contribution is -0.125. The van der Waals surface area contributed by atoms with Crippen molar-refractivity contribution in [2.24, 2.45) is 5.92 Å². The van der Waals surface area contributed by atoms with Crippen LogP contribution in [0.3, 0.4) is 0 Å². The van der Waals surface area contributed by atoms with Crippen molar-refractivity contribution in [1.82, 2.24) is 13.9 Å². The number of piperidine rings is 1. The normalized spacial score (nSPS) is 18.6. The van der Waals surface area contributed by atoms with E-state index in [1.165, 1.54) is 22.7 Å². The second-order valence-electron chi connectivity index (χ2n) is 6.58. The van der Waals surface area contributed by atoms with Gasteiger partial charge >= 0.3 is 0 Å². The first-order chi connectivity index (χ1) is 12.7. The monoisotopic (exact) mass is 453 g/mol. The maximum Gasteiger partial charge on any atom is 0.281 e. The van der Waals surface area contributed by atoms with Gasteiger partial charge in [-0.3, -0.25) is 4.79 Å². The standard InChI is InChI=1S/C17H25Cl2N3O3S2/c1-21(2)27(24,25)22-8-3-4-14(11-22)17(23)20-7-9-26-12-13-5-6-15(18)16(19)10-13/h5-6,10,14H,3-4,7-9,11-12H2,1-2H3,(H,20,23)/t14-/m0/s1. The number of nitrogens with one attached hydrogen (secondary N) is 1. The number of rotatable bonds is 8. The second kappa shape index (κ2) is 10.3. The molecule has 1 heterocycles. The van der Waals surface area contributed by atoms with E-state index in [0.29, 0.717) is 36.0 Å². The van der Waals surface area contributed by atoms with Gasteiger partial charge in [-0.2, -0.15) is 28.8 Å². The molecule has 0 saturated carbocycles. The van der Waals surface area contributed by atoms with Crippen molar-refractivity contribution in [1.29, 1.82) is 0 Å². The Morgan fingerprint density at radius 1 is 1.33 bits per heavy atom. The van der Waals surface area contributed by atoms with Crippen molar-refractivity contribution >= 4 is 51.1 Å². The van der Waals surface area contributed by atoms with Crippen LogP contribution < -0.4 is 5.32 Å². The topological polar surface area (TPSA) is 69.7 Å². The van der Waals surface area contributed by atoms with Crippen LogP contribution in [0.5, 0.6) is 0 Å². The molecule has 0 spiro atoms. The molecule has 1 aromatic rings. The molecule has 0 unspecified atom stereocenters. The highest BCUT2D eigenvalue weighted by atomic mass is 35.5. The molecule has 27 heavy (non-hydrogen) atoms. The van der Waals surface area contributed by atoms with Crippen molar-refractivity contribution < 1.29 is 13.2 Å². The van der Waals surface area contributed by atoms with Crippen molar-refractivity contribution in [3.63, 3.8) is 0 Å². The summed E-state index contributed by atoms with van der Waals surface area (Å²) in [6.45, 7) is 1.24.